The molecule has 1 heterocycles. The van der Waals surface area contributed by atoms with E-state index in [-0.39, 0.29) is 10.8 Å². The molecule has 10 aromatic carbocycles. The molecule has 0 aliphatic heterocycles. The summed E-state index contributed by atoms with van der Waals surface area (Å²) in [6.45, 7) is 13.5. The van der Waals surface area contributed by atoms with Crippen molar-refractivity contribution in [2.75, 3.05) is 4.90 Å². The van der Waals surface area contributed by atoms with Crippen LogP contribution in [-0.4, -0.2) is 16.0 Å². The zero-order valence-electron chi connectivity index (χ0n) is 45.5. The zero-order chi connectivity index (χ0) is 54.4. The molecule has 0 bridgehead atoms. The Balaban J connectivity index is 0.904. The van der Waals surface area contributed by atoms with Crippen LogP contribution in [0, 0.1) is 5.41 Å². The first kappa shape index (κ1) is 50.8. The lowest BCUT2D eigenvalue weighted by Gasteiger charge is -2.30. The lowest BCUT2D eigenvalue weighted by Crippen LogP contribution is -2.30. The van der Waals surface area contributed by atoms with E-state index in [0.29, 0.717) is 11.4 Å². The third-order valence-electron chi connectivity index (χ3n) is 15.6. The van der Waals surface area contributed by atoms with Crippen molar-refractivity contribution in [2.45, 2.75) is 52.4 Å². The van der Waals surface area contributed by atoms with Gasteiger partial charge in [0, 0.05) is 33.4 Å². The maximum absolute atomic E-state index is 9.67. The van der Waals surface area contributed by atoms with Gasteiger partial charge in [-0.1, -0.05) is 224 Å². The van der Waals surface area contributed by atoms with Crippen molar-refractivity contribution in [2.24, 2.45) is 4.40 Å². The van der Waals surface area contributed by atoms with Gasteiger partial charge in [0.2, 0.25) is 0 Å². The number of para-hydroxylation sites is 1. The Bertz CT molecular complexity index is 3980. The van der Waals surface area contributed by atoms with Crippen LogP contribution in [0.2, 0.25) is 0 Å². The first-order valence-corrected chi connectivity index (χ1v) is 27.6. The van der Waals surface area contributed by atoms with Gasteiger partial charge >= 0.3 is 0 Å². The Kier molecular flexibility index (Phi) is 13.3. The number of anilines is 2. The van der Waals surface area contributed by atoms with E-state index < -0.39 is 0 Å². The number of aromatic nitrogens is 1. The van der Waals surface area contributed by atoms with E-state index in [1.165, 1.54) is 55.3 Å². The smallest absolute Gasteiger partial charge is 0.121 e. The maximum Gasteiger partial charge on any atom is 0.121 e. The molecular weight excluding hydrogens is 977 g/mol. The number of rotatable bonds is 10. The molecule has 0 radical (unpaired) electrons. The summed E-state index contributed by atoms with van der Waals surface area (Å²) >= 11 is 4.51. The zero-order valence-corrected chi connectivity index (χ0v) is 46.4. The van der Waals surface area contributed by atoms with Gasteiger partial charge in [0.05, 0.1) is 22.4 Å². The number of allylic oxidation sites excluding steroid dienone is 4. The third kappa shape index (κ3) is 9.99. The molecular formula is C74H62N4S. The first-order valence-electron chi connectivity index (χ1n) is 27.2. The van der Waals surface area contributed by atoms with Crippen LogP contribution in [0.4, 0.5) is 11.4 Å². The number of hydrogen-bond acceptors (Lipinski definition) is 4. The Morgan fingerprint density at radius 2 is 0.734 bits per heavy atom. The normalized spacial score (nSPS) is 13.5. The van der Waals surface area contributed by atoms with E-state index >= 15 is 0 Å². The number of hydrogen-bond donors (Lipinski definition) is 2. The molecule has 0 atom stereocenters. The van der Waals surface area contributed by atoms with Gasteiger partial charge in [-0.2, -0.15) is 0 Å². The fourth-order valence-corrected chi connectivity index (χ4v) is 11.2. The Labute approximate surface area is 470 Å². The highest BCUT2D eigenvalue weighted by atomic mass is 32.1. The van der Waals surface area contributed by atoms with Crippen molar-refractivity contribution in [3.63, 3.8) is 0 Å². The van der Waals surface area contributed by atoms with Crippen molar-refractivity contribution in [1.82, 2.24) is 4.57 Å². The second-order valence-corrected chi connectivity index (χ2v) is 22.9. The molecule has 1 N–H and O–H groups in total. The summed E-state index contributed by atoms with van der Waals surface area (Å²) in [5.41, 5.74) is 23.1. The minimum atomic E-state index is 0.107. The molecule has 11 aromatic rings. The molecule has 4 nitrogen and oxygen atoms in total. The van der Waals surface area contributed by atoms with E-state index in [1.807, 2.05) is 30.3 Å². The molecule has 79 heavy (non-hydrogen) atoms. The standard InChI is InChI=1S/C74H62N4S/c1-73(2,3)60-35-25-52(26-36-60)50-17-21-55(22-18-50)58-33-44-68-66(47-58)67-48-59(56-23-19-51(20-24-56)53-27-37-61(38-28-53)74(4,5)6)34-45-69(67)78(68)64-41-31-57(32-42-64)65-43-46-70(72(76-79)71(65)75)77(62-15-11-8-12-16-62)63-39-29-54(30-40-63)49-13-9-7-10-14-49/h7-48,75,79H,1-6H3. The molecule has 0 amide bonds. The molecule has 0 saturated carbocycles. The van der Waals surface area contributed by atoms with E-state index in [1.54, 1.807) is 0 Å². The summed E-state index contributed by atoms with van der Waals surface area (Å²) in [6.07, 6.45) is 4.10. The van der Waals surface area contributed by atoms with E-state index in [9.17, 15) is 5.41 Å². The predicted octanol–water partition coefficient (Wildman–Crippen LogP) is 20.1. The number of fused-ring (bicyclic) bond motifs is 3. The van der Waals surface area contributed by atoms with E-state index in [4.69, 9.17) is 0 Å². The van der Waals surface area contributed by atoms with Crippen molar-refractivity contribution in [1.29, 1.82) is 5.41 Å². The van der Waals surface area contributed by atoms with Gasteiger partial charge in [0.15, 0.2) is 0 Å². The molecule has 1 aliphatic rings. The summed E-state index contributed by atoms with van der Waals surface area (Å²) in [7, 11) is 0. The second-order valence-electron chi connectivity index (χ2n) is 22.7. The fraction of sp³-hybridized carbons (Fsp3) is 0.108. The Morgan fingerprint density at radius 1 is 0.380 bits per heavy atom. The average Bonchev–Trinajstić information content (AvgIpc) is 4.09. The summed E-state index contributed by atoms with van der Waals surface area (Å²) in [4.78, 5) is 2.15. The summed E-state index contributed by atoms with van der Waals surface area (Å²) in [5.74, 6) is 0. The van der Waals surface area contributed by atoms with Crippen LogP contribution >= 0.6 is 12.8 Å². The van der Waals surface area contributed by atoms with Gasteiger partial charge in [0.1, 0.15) is 5.71 Å². The monoisotopic (exact) mass is 1040 g/mol. The minimum absolute atomic E-state index is 0.107. The van der Waals surface area contributed by atoms with Crippen LogP contribution in [0.25, 0.3) is 88.7 Å². The van der Waals surface area contributed by atoms with Crippen LogP contribution in [0.3, 0.4) is 0 Å². The predicted molar refractivity (Wildman–Crippen MR) is 341 cm³/mol. The number of thiol groups is 1. The van der Waals surface area contributed by atoms with Crippen LogP contribution in [0.1, 0.15) is 58.2 Å². The summed E-state index contributed by atoms with van der Waals surface area (Å²) in [6, 6.07) is 87.4. The van der Waals surface area contributed by atoms with Crippen LogP contribution in [0.15, 0.2) is 265 Å². The summed E-state index contributed by atoms with van der Waals surface area (Å²) in [5, 5.41) is 12.0. The second kappa shape index (κ2) is 20.7. The lowest BCUT2D eigenvalue weighted by atomic mass is 9.86. The Morgan fingerprint density at radius 3 is 1.16 bits per heavy atom. The van der Waals surface area contributed by atoms with Gasteiger partial charge in [-0.3, -0.25) is 5.41 Å². The van der Waals surface area contributed by atoms with Crippen LogP contribution in [-0.2, 0) is 10.8 Å². The highest BCUT2D eigenvalue weighted by Gasteiger charge is 2.28. The van der Waals surface area contributed by atoms with Crippen molar-refractivity contribution >= 4 is 63.0 Å². The van der Waals surface area contributed by atoms with Crippen molar-refractivity contribution in [3.8, 4) is 61.3 Å². The van der Waals surface area contributed by atoms with Gasteiger partial charge in [0.25, 0.3) is 0 Å². The van der Waals surface area contributed by atoms with Crippen molar-refractivity contribution < 1.29 is 0 Å². The average molecular weight is 1040 g/mol. The maximum atomic E-state index is 9.67. The molecule has 0 saturated heterocycles. The first-order chi connectivity index (χ1) is 38.3. The largest absolute Gasteiger partial charge is 0.309 e. The molecule has 0 unspecified atom stereocenters. The number of nitrogens with zero attached hydrogens (tertiary/aromatic N) is 3. The number of benzene rings is 10. The molecule has 0 spiro atoms. The molecule has 1 aromatic heterocycles. The van der Waals surface area contributed by atoms with E-state index in [0.717, 1.165) is 67.2 Å². The molecule has 5 heteroatoms. The summed E-state index contributed by atoms with van der Waals surface area (Å²) < 4.78 is 6.87. The van der Waals surface area contributed by atoms with Crippen LogP contribution < -0.4 is 4.90 Å². The van der Waals surface area contributed by atoms with E-state index in [2.05, 4.69) is 293 Å². The van der Waals surface area contributed by atoms with Crippen LogP contribution in [0.5, 0.6) is 0 Å². The third-order valence-corrected chi connectivity index (χ3v) is 15.8. The molecule has 0 fully saturated rings. The fourth-order valence-electron chi connectivity index (χ4n) is 11.0. The molecule has 384 valence electrons. The Hall–Kier alpha value is -9.03. The quantitative estimate of drug-likeness (QED) is 0.104. The molecule has 1 aliphatic carbocycles. The topological polar surface area (TPSA) is 44.4 Å². The number of nitrogens with one attached hydrogen (secondary N) is 1. The highest BCUT2D eigenvalue weighted by Crippen LogP contribution is 2.40. The van der Waals surface area contributed by atoms with Gasteiger partial charge in [-0.05, 0) is 169 Å². The van der Waals surface area contributed by atoms with Gasteiger partial charge in [-0.25, -0.2) is 4.40 Å². The SMILES string of the molecule is CC(C)(C)c1ccc(-c2ccc(-c3ccc4c(c3)c3cc(-c5ccc(-c6ccc(C(C)(C)C)cc6)cc5)ccc3n4-c3ccc(C4=CC=C(N(c5ccccc5)c5ccc(-c6ccccc6)cc5)C(=NS)C4=N)cc3)cc2)cc1. The lowest BCUT2D eigenvalue weighted by molar-refractivity contribution is 0.590. The van der Waals surface area contributed by atoms with Crippen molar-refractivity contribution in [3.05, 3.63) is 277 Å². The minimum Gasteiger partial charge on any atom is -0.309 e. The van der Waals surface area contributed by atoms with Gasteiger partial charge in [-0.15, -0.1) is 0 Å². The highest BCUT2D eigenvalue weighted by molar-refractivity contribution is 7.79. The van der Waals surface area contributed by atoms with Gasteiger partial charge < -0.3 is 9.47 Å². The molecule has 12 rings (SSSR count).